The molecule has 0 aromatic heterocycles. The number of amides is 2. The molecule has 3 rings (SSSR count). The summed E-state index contributed by atoms with van der Waals surface area (Å²) in [4.78, 5) is 24.9. The molecule has 3 aromatic carbocycles. The van der Waals surface area contributed by atoms with E-state index in [1.165, 1.54) is 0 Å². The second-order valence-electron chi connectivity index (χ2n) is 8.22. The molecule has 0 aliphatic rings. The van der Waals surface area contributed by atoms with Crippen LogP contribution in [0.4, 0.5) is 5.69 Å². The Morgan fingerprint density at radius 2 is 1.59 bits per heavy atom. The number of hydrogen-bond acceptors (Lipinski definition) is 3. The van der Waals surface area contributed by atoms with E-state index >= 15 is 0 Å². The average molecular weight is 431 g/mol. The molecule has 1 unspecified atom stereocenters. The van der Waals surface area contributed by atoms with Crippen LogP contribution in [0.25, 0.3) is 0 Å². The van der Waals surface area contributed by atoms with Crippen molar-refractivity contribution in [2.75, 3.05) is 11.9 Å². The molecule has 5 heteroatoms. The van der Waals surface area contributed by atoms with Gasteiger partial charge < -0.3 is 15.4 Å². The van der Waals surface area contributed by atoms with E-state index in [0.717, 1.165) is 22.4 Å². The molecule has 5 nitrogen and oxygen atoms in total. The lowest BCUT2D eigenvalue weighted by Gasteiger charge is -2.15. The summed E-state index contributed by atoms with van der Waals surface area (Å²) in [6.07, 6.45) is 0. The SMILES string of the molecule is Cc1ccc(C(C)C)c(OCC(=O)Nc2ccc(C(=O)NC(C)c3ccccc3)cc2)c1. The van der Waals surface area contributed by atoms with Crippen molar-refractivity contribution >= 4 is 17.5 Å². The van der Waals surface area contributed by atoms with Gasteiger partial charge in [0.1, 0.15) is 5.75 Å². The fraction of sp³-hybridized carbons (Fsp3) is 0.259. The molecule has 0 saturated heterocycles. The van der Waals surface area contributed by atoms with Crippen molar-refractivity contribution in [2.24, 2.45) is 0 Å². The molecule has 0 fully saturated rings. The highest BCUT2D eigenvalue weighted by Gasteiger charge is 2.13. The highest BCUT2D eigenvalue weighted by Crippen LogP contribution is 2.27. The quantitative estimate of drug-likeness (QED) is 0.487. The summed E-state index contributed by atoms with van der Waals surface area (Å²) < 4.78 is 5.78. The molecular weight excluding hydrogens is 400 g/mol. The van der Waals surface area contributed by atoms with Crippen molar-refractivity contribution in [3.8, 4) is 5.75 Å². The molecule has 0 saturated carbocycles. The Morgan fingerprint density at radius 1 is 0.906 bits per heavy atom. The third-order valence-electron chi connectivity index (χ3n) is 5.23. The Morgan fingerprint density at radius 3 is 2.25 bits per heavy atom. The van der Waals surface area contributed by atoms with Gasteiger partial charge in [-0.1, -0.05) is 56.3 Å². The van der Waals surface area contributed by atoms with Crippen molar-refractivity contribution in [2.45, 2.75) is 39.7 Å². The highest BCUT2D eigenvalue weighted by molar-refractivity contribution is 5.96. The molecule has 0 heterocycles. The van der Waals surface area contributed by atoms with Gasteiger partial charge in [-0.3, -0.25) is 9.59 Å². The summed E-state index contributed by atoms with van der Waals surface area (Å²) in [5, 5.41) is 5.80. The van der Waals surface area contributed by atoms with Crippen LogP contribution < -0.4 is 15.4 Å². The summed E-state index contributed by atoms with van der Waals surface area (Å²) in [5.41, 5.74) is 4.34. The van der Waals surface area contributed by atoms with E-state index in [4.69, 9.17) is 4.74 Å². The van der Waals surface area contributed by atoms with Gasteiger partial charge in [-0.15, -0.1) is 0 Å². The minimum absolute atomic E-state index is 0.0833. The first kappa shape index (κ1) is 23.1. The van der Waals surface area contributed by atoms with Crippen molar-refractivity contribution in [3.05, 3.63) is 95.1 Å². The van der Waals surface area contributed by atoms with Crippen molar-refractivity contribution < 1.29 is 14.3 Å². The van der Waals surface area contributed by atoms with Gasteiger partial charge in [0.25, 0.3) is 11.8 Å². The van der Waals surface area contributed by atoms with Crippen LogP contribution in [-0.4, -0.2) is 18.4 Å². The Hall–Kier alpha value is -3.60. The third-order valence-corrected chi connectivity index (χ3v) is 5.23. The maximum atomic E-state index is 12.5. The number of ether oxygens (including phenoxy) is 1. The lowest BCUT2D eigenvalue weighted by molar-refractivity contribution is -0.118. The predicted octanol–water partition coefficient (Wildman–Crippen LogP) is 5.63. The summed E-state index contributed by atoms with van der Waals surface area (Å²) in [5.74, 6) is 0.617. The molecule has 2 N–H and O–H groups in total. The molecule has 166 valence electrons. The van der Waals surface area contributed by atoms with Gasteiger partial charge in [0.05, 0.1) is 6.04 Å². The number of carbonyl (C=O) groups is 2. The van der Waals surface area contributed by atoms with E-state index < -0.39 is 0 Å². The smallest absolute Gasteiger partial charge is 0.262 e. The lowest BCUT2D eigenvalue weighted by Crippen LogP contribution is -2.26. The van der Waals surface area contributed by atoms with Gasteiger partial charge in [-0.2, -0.15) is 0 Å². The zero-order chi connectivity index (χ0) is 23.1. The second-order valence-corrected chi connectivity index (χ2v) is 8.22. The minimum Gasteiger partial charge on any atom is -0.483 e. The molecular formula is C27H30N2O3. The highest BCUT2D eigenvalue weighted by atomic mass is 16.5. The van der Waals surface area contributed by atoms with Crippen LogP contribution in [0, 0.1) is 6.92 Å². The summed E-state index contributed by atoms with van der Waals surface area (Å²) in [6, 6.07) is 22.5. The van der Waals surface area contributed by atoms with Crippen molar-refractivity contribution in [3.63, 3.8) is 0 Å². The van der Waals surface area contributed by atoms with Gasteiger partial charge in [-0.05, 0) is 66.8 Å². The monoisotopic (exact) mass is 430 g/mol. The standard InChI is InChI=1S/C27H30N2O3/c1-18(2)24-15-10-19(3)16-25(24)32-17-26(30)29-23-13-11-22(12-14-23)27(31)28-20(4)21-8-6-5-7-9-21/h5-16,18,20H,17H2,1-4H3,(H,28,31)(H,29,30). The predicted molar refractivity (Wildman–Crippen MR) is 128 cm³/mol. The number of carbonyl (C=O) groups excluding carboxylic acids is 2. The number of anilines is 1. The van der Waals surface area contributed by atoms with E-state index in [1.54, 1.807) is 24.3 Å². The van der Waals surface area contributed by atoms with Crippen molar-refractivity contribution in [1.82, 2.24) is 5.32 Å². The summed E-state index contributed by atoms with van der Waals surface area (Å²) in [6.45, 7) is 8.04. The molecule has 0 aliphatic heterocycles. The minimum atomic E-state index is -0.254. The van der Waals surface area contributed by atoms with Crippen LogP contribution in [0.3, 0.4) is 0 Å². The Kier molecular flexibility index (Phi) is 7.66. The molecule has 0 aliphatic carbocycles. The van der Waals surface area contributed by atoms with E-state index in [2.05, 4.69) is 24.5 Å². The van der Waals surface area contributed by atoms with Crippen LogP contribution in [0.5, 0.6) is 5.75 Å². The largest absolute Gasteiger partial charge is 0.483 e. The molecule has 1 atom stereocenters. The summed E-state index contributed by atoms with van der Waals surface area (Å²) in [7, 11) is 0. The molecule has 0 spiro atoms. The molecule has 0 bridgehead atoms. The van der Waals surface area contributed by atoms with E-state index in [0.29, 0.717) is 17.2 Å². The zero-order valence-corrected chi connectivity index (χ0v) is 19.0. The number of benzene rings is 3. The number of aryl methyl sites for hydroxylation is 1. The normalized spacial score (nSPS) is 11.7. The van der Waals surface area contributed by atoms with E-state index in [9.17, 15) is 9.59 Å². The lowest BCUT2D eigenvalue weighted by atomic mass is 10.0. The fourth-order valence-electron chi connectivity index (χ4n) is 3.39. The Bertz CT molecular complexity index is 1060. The maximum Gasteiger partial charge on any atom is 0.262 e. The van der Waals surface area contributed by atoms with Gasteiger partial charge in [-0.25, -0.2) is 0 Å². The van der Waals surface area contributed by atoms with Crippen molar-refractivity contribution in [1.29, 1.82) is 0 Å². The molecule has 0 radical (unpaired) electrons. The average Bonchev–Trinajstić information content (AvgIpc) is 2.78. The van der Waals surface area contributed by atoms with E-state index in [1.807, 2.05) is 62.4 Å². The second kappa shape index (κ2) is 10.6. The molecule has 32 heavy (non-hydrogen) atoms. The van der Waals surface area contributed by atoms with Gasteiger partial charge >= 0.3 is 0 Å². The van der Waals surface area contributed by atoms with Crippen LogP contribution in [0.1, 0.15) is 59.8 Å². The zero-order valence-electron chi connectivity index (χ0n) is 19.0. The van der Waals surface area contributed by atoms with Gasteiger partial charge in [0, 0.05) is 11.3 Å². The molecule has 3 aromatic rings. The molecule has 2 amide bonds. The topological polar surface area (TPSA) is 67.4 Å². The van der Waals surface area contributed by atoms with Crippen LogP contribution >= 0.6 is 0 Å². The van der Waals surface area contributed by atoms with Crippen LogP contribution in [-0.2, 0) is 4.79 Å². The number of nitrogens with one attached hydrogen (secondary N) is 2. The maximum absolute atomic E-state index is 12.5. The number of hydrogen-bond donors (Lipinski definition) is 2. The first-order valence-corrected chi connectivity index (χ1v) is 10.8. The Labute approximate surface area is 189 Å². The third kappa shape index (κ3) is 6.20. The van der Waals surface area contributed by atoms with Gasteiger partial charge in [0.15, 0.2) is 6.61 Å². The van der Waals surface area contributed by atoms with Crippen LogP contribution in [0.2, 0.25) is 0 Å². The number of rotatable bonds is 8. The van der Waals surface area contributed by atoms with Crippen LogP contribution in [0.15, 0.2) is 72.8 Å². The Balaban J connectivity index is 1.55. The van der Waals surface area contributed by atoms with Gasteiger partial charge in [0.2, 0.25) is 0 Å². The fourth-order valence-corrected chi connectivity index (χ4v) is 3.39. The first-order valence-electron chi connectivity index (χ1n) is 10.8. The summed E-state index contributed by atoms with van der Waals surface area (Å²) >= 11 is 0. The van der Waals surface area contributed by atoms with E-state index in [-0.39, 0.29) is 24.5 Å². The first-order chi connectivity index (χ1) is 15.3.